The number of aliphatic hydroxyl groups is 1. The molecule has 0 aliphatic carbocycles. The van der Waals surface area contributed by atoms with Gasteiger partial charge < -0.3 is 15.7 Å². The minimum atomic E-state index is -1.35. The second kappa shape index (κ2) is 8.45. The zero-order valence-corrected chi connectivity index (χ0v) is 15.7. The third-order valence-corrected chi connectivity index (χ3v) is 4.93. The van der Waals surface area contributed by atoms with Crippen molar-refractivity contribution in [3.05, 3.63) is 53.9 Å². The first-order valence-corrected chi connectivity index (χ1v) is 9.27. The van der Waals surface area contributed by atoms with Crippen LogP contribution < -0.4 is 5.73 Å². The van der Waals surface area contributed by atoms with Gasteiger partial charge in [0.05, 0.1) is 0 Å². The molecule has 7 nitrogen and oxygen atoms in total. The monoisotopic (exact) mass is 369 g/mol. The van der Waals surface area contributed by atoms with E-state index in [-0.39, 0.29) is 18.4 Å². The van der Waals surface area contributed by atoms with Crippen LogP contribution in [-0.2, 0) is 17.8 Å². The Balaban J connectivity index is 1.58. The van der Waals surface area contributed by atoms with E-state index in [2.05, 4.69) is 22.1 Å². The summed E-state index contributed by atoms with van der Waals surface area (Å²) in [5.74, 6) is 0.0571. The Morgan fingerprint density at radius 1 is 1.22 bits per heavy atom. The van der Waals surface area contributed by atoms with E-state index < -0.39 is 5.60 Å². The van der Waals surface area contributed by atoms with Crippen LogP contribution >= 0.6 is 0 Å². The third kappa shape index (κ3) is 5.02. The molecule has 0 radical (unpaired) electrons. The zero-order chi connectivity index (χ0) is 19.3. The van der Waals surface area contributed by atoms with Gasteiger partial charge in [-0.25, -0.2) is 9.97 Å². The molecule has 2 heterocycles. The van der Waals surface area contributed by atoms with Crippen LogP contribution in [0.1, 0.15) is 24.0 Å². The lowest BCUT2D eigenvalue weighted by atomic mass is 9.90. The van der Waals surface area contributed by atoms with Crippen molar-refractivity contribution in [3.63, 3.8) is 0 Å². The highest BCUT2D eigenvalue weighted by molar-refractivity contribution is 5.86. The number of amides is 1. The van der Waals surface area contributed by atoms with Gasteiger partial charge in [0.25, 0.3) is 5.91 Å². The summed E-state index contributed by atoms with van der Waals surface area (Å²) in [5, 5.41) is 11.0. The molecule has 1 atom stereocenters. The first-order chi connectivity index (χ1) is 13.0. The lowest BCUT2D eigenvalue weighted by molar-refractivity contribution is -0.159. The molecule has 1 amide bonds. The normalized spacial score (nSPS) is 20.3. The summed E-state index contributed by atoms with van der Waals surface area (Å²) in [4.78, 5) is 24.6. The molecule has 1 saturated heterocycles. The molecule has 0 spiro atoms. The van der Waals surface area contributed by atoms with Gasteiger partial charge >= 0.3 is 0 Å². The average Bonchev–Trinajstić information content (AvgIpc) is 2.66. The maximum absolute atomic E-state index is 12.9. The lowest BCUT2D eigenvalue weighted by Gasteiger charge is -2.40. The smallest absolute Gasteiger partial charge is 0.255 e. The number of hydrogen-bond acceptors (Lipinski definition) is 6. The number of rotatable bonds is 7. The lowest BCUT2D eigenvalue weighted by Crippen LogP contribution is -2.58. The van der Waals surface area contributed by atoms with Crippen LogP contribution in [0.4, 0.5) is 5.95 Å². The second-order valence-corrected chi connectivity index (χ2v) is 7.28. The third-order valence-electron chi connectivity index (χ3n) is 4.93. The Bertz CT molecular complexity index is 753. The molecule has 1 fully saturated rings. The van der Waals surface area contributed by atoms with Crippen molar-refractivity contribution < 1.29 is 9.90 Å². The average molecular weight is 369 g/mol. The highest BCUT2D eigenvalue weighted by Crippen LogP contribution is 2.24. The van der Waals surface area contributed by atoms with E-state index in [0.29, 0.717) is 26.1 Å². The van der Waals surface area contributed by atoms with Crippen molar-refractivity contribution in [3.8, 4) is 0 Å². The van der Waals surface area contributed by atoms with E-state index in [9.17, 15) is 9.90 Å². The summed E-state index contributed by atoms with van der Waals surface area (Å²) in [6.07, 6.45) is 5.41. The molecule has 1 aliphatic rings. The Morgan fingerprint density at radius 2 is 1.93 bits per heavy atom. The second-order valence-electron chi connectivity index (χ2n) is 7.28. The number of piperidine rings is 1. The van der Waals surface area contributed by atoms with E-state index >= 15 is 0 Å². The fourth-order valence-corrected chi connectivity index (χ4v) is 3.59. The van der Waals surface area contributed by atoms with E-state index in [1.54, 1.807) is 17.3 Å². The molecule has 0 saturated carbocycles. The molecule has 7 heteroatoms. The first kappa shape index (κ1) is 19.3. The summed E-state index contributed by atoms with van der Waals surface area (Å²) < 4.78 is 0. The number of nitrogen functional groups attached to an aromatic ring is 1. The summed E-state index contributed by atoms with van der Waals surface area (Å²) in [7, 11) is 1.88. The summed E-state index contributed by atoms with van der Waals surface area (Å²) >= 11 is 0. The van der Waals surface area contributed by atoms with Crippen molar-refractivity contribution in [2.45, 2.75) is 31.4 Å². The van der Waals surface area contributed by atoms with Crippen molar-refractivity contribution in [2.24, 2.45) is 0 Å². The molecular weight excluding hydrogens is 342 g/mol. The molecule has 1 aromatic heterocycles. The number of carbonyl (C=O) groups excluding carboxylic acids is 1. The Labute approximate surface area is 159 Å². The quantitative estimate of drug-likeness (QED) is 0.758. The molecule has 144 valence electrons. The summed E-state index contributed by atoms with van der Waals surface area (Å²) in [6, 6.07) is 10.1. The number of nitrogens with two attached hydrogens (primary N) is 1. The van der Waals surface area contributed by atoms with Gasteiger partial charge in [-0.1, -0.05) is 30.3 Å². The van der Waals surface area contributed by atoms with E-state index in [1.165, 1.54) is 5.56 Å². The fourth-order valence-electron chi connectivity index (χ4n) is 3.59. The van der Waals surface area contributed by atoms with Crippen LogP contribution in [0.25, 0.3) is 0 Å². The minimum absolute atomic E-state index is 0.176. The Kier molecular flexibility index (Phi) is 6.03. The van der Waals surface area contributed by atoms with Crippen molar-refractivity contribution >= 4 is 11.9 Å². The van der Waals surface area contributed by atoms with E-state index in [4.69, 9.17) is 5.73 Å². The number of aromatic nitrogens is 2. The van der Waals surface area contributed by atoms with Gasteiger partial charge in [-0.3, -0.25) is 9.69 Å². The molecule has 1 unspecified atom stereocenters. The maximum atomic E-state index is 12.9. The number of likely N-dealkylation sites (N-methyl/N-ethyl adjacent to an activating group) is 1. The number of carbonyl (C=O) groups is 1. The number of benzene rings is 1. The first-order valence-electron chi connectivity index (χ1n) is 9.27. The van der Waals surface area contributed by atoms with Crippen molar-refractivity contribution in [1.29, 1.82) is 0 Å². The maximum Gasteiger partial charge on any atom is 0.255 e. The SMILES string of the molecule is CN(Cc1cnc(N)nc1)CC1(O)CCCN(CCc2ccccc2)C1=O. The molecule has 3 rings (SSSR count). The van der Waals surface area contributed by atoms with Crippen molar-refractivity contribution in [2.75, 3.05) is 32.4 Å². The van der Waals surface area contributed by atoms with E-state index in [1.807, 2.05) is 30.1 Å². The number of anilines is 1. The van der Waals surface area contributed by atoms with Gasteiger partial charge in [-0.15, -0.1) is 0 Å². The highest BCUT2D eigenvalue weighted by atomic mass is 16.3. The molecular formula is C20H27N5O2. The molecule has 3 N–H and O–H groups in total. The molecule has 27 heavy (non-hydrogen) atoms. The van der Waals surface area contributed by atoms with Gasteiger partial charge in [-0.2, -0.15) is 0 Å². The van der Waals surface area contributed by atoms with Crippen LogP contribution in [0.3, 0.4) is 0 Å². The van der Waals surface area contributed by atoms with Gasteiger partial charge in [0.15, 0.2) is 5.60 Å². The van der Waals surface area contributed by atoms with Crippen LogP contribution in [0.15, 0.2) is 42.7 Å². The summed E-state index contributed by atoms with van der Waals surface area (Å²) in [6.45, 7) is 2.14. The number of likely N-dealkylation sites (tertiary alicyclic amines) is 1. The largest absolute Gasteiger partial charge is 0.379 e. The molecule has 2 aromatic rings. The predicted octanol–water partition coefficient (Wildman–Crippen LogP) is 1.09. The van der Waals surface area contributed by atoms with Gasteiger partial charge in [0.1, 0.15) is 0 Å². The van der Waals surface area contributed by atoms with Crippen LogP contribution in [0, 0.1) is 0 Å². The van der Waals surface area contributed by atoms with Gasteiger partial charge in [0, 0.05) is 44.1 Å². The topological polar surface area (TPSA) is 95.6 Å². The molecule has 0 bridgehead atoms. The standard InChI is InChI=1S/C20H27N5O2/c1-24(14-17-12-22-19(21)23-13-17)15-20(27)9-5-10-25(18(20)26)11-8-16-6-3-2-4-7-16/h2-4,6-7,12-13,27H,5,8-11,14-15H2,1H3,(H2,21,22,23). The van der Waals surface area contributed by atoms with Gasteiger partial charge in [-0.05, 0) is 31.9 Å². The number of hydrogen-bond donors (Lipinski definition) is 2. The highest BCUT2D eigenvalue weighted by Gasteiger charge is 2.42. The van der Waals surface area contributed by atoms with E-state index in [0.717, 1.165) is 18.4 Å². The molecule has 1 aromatic carbocycles. The zero-order valence-electron chi connectivity index (χ0n) is 15.7. The Hall–Kier alpha value is -2.51. The fraction of sp³-hybridized carbons (Fsp3) is 0.450. The predicted molar refractivity (Wildman–Crippen MR) is 104 cm³/mol. The van der Waals surface area contributed by atoms with Gasteiger partial charge in [0.2, 0.25) is 5.95 Å². The Morgan fingerprint density at radius 3 is 2.63 bits per heavy atom. The summed E-state index contributed by atoms with van der Waals surface area (Å²) in [5.41, 5.74) is 6.24. The minimum Gasteiger partial charge on any atom is -0.379 e. The van der Waals surface area contributed by atoms with Crippen molar-refractivity contribution in [1.82, 2.24) is 19.8 Å². The van der Waals surface area contributed by atoms with Crippen LogP contribution in [0.2, 0.25) is 0 Å². The number of nitrogens with zero attached hydrogens (tertiary/aromatic N) is 4. The van der Waals surface area contributed by atoms with Crippen LogP contribution in [0.5, 0.6) is 0 Å². The molecule has 1 aliphatic heterocycles. The van der Waals surface area contributed by atoms with Crippen LogP contribution in [-0.4, -0.2) is 63.1 Å².